The van der Waals surface area contributed by atoms with Gasteiger partial charge in [-0.1, -0.05) is 6.92 Å². The molecule has 1 aliphatic heterocycles. The monoisotopic (exact) mass is 312 g/mol. The molecule has 6 heteroatoms. The molecule has 0 spiro atoms. The van der Waals surface area contributed by atoms with Gasteiger partial charge in [0.1, 0.15) is 5.82 Å². The van der Waals surface area contributed by atoms with E-state index in [4.69, 9.17) is 9.31 Å². The molecule has 2 fully saturated rings. The summed E-state index contributed by atoms with van der Waals surface area (Å²) in [6, 6.07) is 1.56. The highest BCUT2D eigenvalue weighted by Crippen LogP contribution is 2.63. The highest BCUT2D eigenvalue weighted by molar-refractivity contribution is 6.49. The molecule has 1 aliphatic carbocycles. The van der Waals surface area contributed by atoms with Gasteiger partial charge in [-0.15, -0.1) is 0 Å². The number of hydrogen-bond acceptors (Lipinski definition) is 2. The van der Waals surface area contributed by atoms with Gasteiger partial charge in [-0.05, 0) is 51.2 Å². The lowest BCUT2D eigenvalue weighted by atomic mass is 9.79. The minimum absolute atomic E-state index is 0.0552. The smallest absolute Gasteiger partial charge is 0.403 e. The van der Waals surface area contributed by atoms with Crippen LogP contribution >= 0.6 is 0 Å². The highest BCUT2D eigenvalue weighted by atomic mass is 19.2. The number of hydrogen-bond donors (Lipinski definition) is 0. The summed E-state index contributed by atoms with van der Waals surface area (Å²) in [5.74, 6) is -3.08. The number of benzene rings is 1. The Morgan fingerprint density at radius 3 is 1.95 bits per heavy atom. The van der Waals surface area contributed by atoms with Crippen molar-refractivity contribution in [3.63, 3.8) is 0 Å². The quantitative estimate of drug-likeness (QED) is 0.599. The van der Waals surface area contributed by atoms with Crippen molar-refractivity contribution in [2.75, 3.05) is 0 Å². The SMILES string of the molecule is CC1C(B2OC(C)(C)C(C)(C)O2)C1c1cc(F)c(F)cc1F. The fourth-order valence-corrected chi connectivity index (χ4v) is 3.24. The van der Waals surface area contributed by atoms with Gasteiger partial charge in [0.2, 0.25) is 0 Å². The van der Waals surface area contributed by atoms with Gasteiger partial charge in [0.25, 0.3) is 0 Å². The highest BCUT2D eigenvalue weighted by Gasteiger charge is 2.64. The molecule has 0 radical (unpaired) electrons. The first-order valence-corrected chi connectivity index (χ1v) is 7.55. The second-order valence-electron chi connectivity index (χ2n) is 7.37. The fourth-order valence-electron chi connectivity index (χ4n) is 3.24. The van der Waals surface area contributed by atoms with Crippen LogP contribution in [-0.2, 0) is 9.31 Å². The van der Waals surface area contributed by atoms with Crippen molar-refractivity contribution in [3.8, 4) is 0 Å². The Labute approximate surface area is 129 Å². The minimum Gasteiger partial charge on any atom is -0.403 e. The summed E-state index contributed by atoms with van der Waals surface area (Å²) in [4.78, 5) is 0. The molecule has 0 bridgehead atoms. The Morgan fingerprint density at radius 1 is 0.909 bits per heavy atom. The Morgan fingerprint density at radius 2 is 1.41 bits per heavy atom. The van der Waals surface area contributed by atoms with Crippen molar-refractivity contribution in [1.29, 1.82) is 0 Å². The van der Waals surface area contributed by atoms with Gasteiger partial charge in [0.15, 0.2) is 11.6 Å². The zero-order valence-electron chi connectivity index (χ0n) is 13.4. The summed E-state index contributed by atoms with van der Waals surface area (Å²) in [7, 11) is -0.461. The van der Waals surface area contributed by atoms with E-state index >= 15 is 0 Å². The van der Waals surface area contributed by atoms with Crippen molar-refractivity contribution in [2.45, 2.75) is 57.6 Å². The van der Waals surface area contributed by atoms with E-state index in [0.29, 0.717) is 6.07 Å². The van der Waals surface area contributed by atoms with Crippen molar-refractivity contribution in [2.24, 2.45) is 5.92 Å². The van der Waals surface area contributed by atoms with Gasteiger partial charge in [-0.25, -0.2) is 13.2 Å². The maximum absolute atomic E-state index is 14.0. The first-order chi connectivity index (χ1) is 10.0. The summed E-state index contributed by atoms with van der Waals surface area (Å²) < 4.78 is 52.5. The maximum Gasteiger partial charge on any atom is 0.462 e. The molecule has 1 saturated heterocycles. The van der Waals surface area contributed by atoms with Crippen LogP contribution in [-0.4, -0.2) is 18.3 Å². The fraction of sp³-hybridized carbons (Fsp3) is 0.625. The van der Waals surface area contributed by atoms with Gasteiger partial charge >= 0.3 is 7.12 Å². The Kier molecular flexibility index (Phi) is 3.42. The van der Waals surface area contributed by atoms with Gasteiger partial charge in [0.05, 0.1) is 11.2 Å². The predicted octanol–water partition coefficient (Wildman–Crippen LogP) is 4.30. The van der Waals surface area contributed by atoms with Gasteiger partial charge in [-0.3, -0.25) is 0 Å². The van der Waals surface area contributed by atoms with Crippen molar-refractivity contribution < 1.29 is 22.5 Å². The van der Waals surface area contributed by atoms with Crippen LogP contribution in [0.5, 0.6) is 0 Å². The van der Waals surface area contributed by atoms with Gasteiger partial charge in [0, 0.05) is 11.9 Å². The van der Waals surface area contributed by atoms with Crippen LogP contribution in [0.2, 0.25) is 5.82 Å². The summed E-state index contributed by atoms with van der Waals surface area (Å²) in [6.07, 6.45) is 0. The van der Waals surface area contributed by atoms with E-state index in [2.05, 4.69) is 0 Å². The molecule has 0 amide bonds. The summed E-state index contributed by atoms with van der Waals surface area (Å²) in [5.41, 5.74) is -0.722. The van der Waals surface area contributed by atoms with E-state index in [1.165, 1.54) is 0 Å². The number of halogens is 3. The van der Waals surface area contributed by atoms with E-state index in [-0.39, 0.29) is 23.2 Å². The van der Waals surface area contributed by atoms with Crippen LogP contribution in [0, 0.1) is 23.4 Å². The zero-order valence-corrected chi connectivity index (χ0v) is 13.4. The van der Waals surface area contributed by atoms with E-state index in [1.54, 1.807) is 0 Å². The lowest BCUT2D eigenvalue weighted by Crippen LogP contribution is -2.41. The summed E-state index contributed by atoms with van der Waals surface area (Å²) in [5, 5.41) is 0. The van der Waals surface area contributed by atoms with Crippen molar-refractivity contribution in [3.05, 3.63) is 35.1 Å². The topological polar surface area (TPSA) is 18.5 Å². The summed E-state index contributed by atoms with van der Waals surface area (Å²) >= 11 is 0. The van der Waals surface area contributed by atoms with Crippen LogP contribution in [0.15, 0.2) is 12.1 Å². The normalized spacial score (nSPS) is 32.4. The molecule has 1 saturated carbocycles. The van der Waals surface area contributed by atoms with Crippen LogP contribution in [0.4, 0.5) is 13.2 Å². The lowest BCUT2D eigenvalue weighted by Gasteiger charge is -2.32. The molecule has 3 rings (SSSR count). The first kappa shape index (κ1) is 15.9. The third kappa shape index (κ3) is 2.28. The molecule has 1 heterocycles. The third-order valence-electron chi connectivity index (χ3n) is 5.43. The minimum atomic E-state index is -1.17. The molecule has 2 aliphatic rings. The average Bonchev–Trinajstić information content (AvgIpc) is 2.97. The van der Waals surface area contributed by atoms with Gasteiger partial charge < -0.3 is 9.31 Å². The third-order valence-corrected chi connectivity index (χ3v) is 5.43. The lowest BCUT2D eigenvalue weighted by molar-refractivity contribution is 0.00578. The van der Waals surface area contributed by atoms with Crippen molar-refractivity contribution >= 4 is 7.12 Å². The molecule has 22 heavy (non-hydrogen) atoms. The molecule has 0 aromatic heterocycles. The van der Waals surface area contributed by atoms with E-state index in [1.807, 2.05) is 34.6 Å². The molecule has 1 aromatic rings. The standard InChI is InChI=1S/C16H20BF3O2/c1-8-13(9-6-11(19)12(20)7-10(9)18)14(8)17-21-15(2,3)16(4,5)22-17/h6-8,13-14H,1-5H3. The molecule has 2 nitrogen and oxygen atoms in total. The maximum atomic E-state index is 14.0. The van der Waals surface area contributed by atoms with E-state index in [0.717, 1.165) is 6.07 Å². The molecule has 120 valence electrons. The van der Waals surface area contributed by atoms with Gasteiger partial charge in [-0.2, -0.15) is 0 Å². The molecular weight excluding hydrogens is 292 g/mol. The Balaban J connectivity index is 1.84. The largest absolute Gasteiger partial charge is 0.462 e. The van der Waals surface area contributed by atoms with Crippen LogP contribution < -0.4 is 0 Å². The van der Waals surface area contributed by atoms with E-state index < -0.39 is 35.8 Å². The second kappa shape index (κ2) is 4.74. The van der Waals surface area contributed by atoms with Crippen LogP contribution in [0.25, 0.3) is 0 Å². The summed E-state index contributed by atoms with van der Waals surface area (Å²) in [6.45, 7) is 9.75. The molecule has 3 unspecified atom stereocenters. The average molecular weight is 312 g/mol. The second-order valence-corrected chi connectivity index (χ2v) is 7.37. The molecule has 3 atom stereocenters. The Hall–Kier alpha value is -1.01. The molecular formula is C16H20BF3O2. The number of rotatable bonds is 2. The predicted molar refractivity (Wildman–Crippen MR) is 78.1 cm³/mol. The van der Waals surface area contributed by atoms with Crippen LogP contribution in [0.3, 0.4) is 0 Å². The van der Waals surface area contributed by atoms with Crippen molar-refractivity contribution in [1.82, 2.24) is 0 Å². The zero-order chi connectivity index (χ0) is 16.4. The van der Waals surface area contributed by atoms with E-state index in [9.17, 15) is 13.2 Å². The van der Waals surface area contributed by atoms with Crippen LogP contribution in [0.1, 0.15) is 46.1 Å². The Bertz CT molecular complexity index is 602. The molecule has 1 aromatic carbocycles. The first-order valence-electron chi connectivity index (χ1n) is 7.55. The molecule has 0 N–H and O–H groups in total.